The Balaban J connectivity index is 1.97. The zero-order chi connectivity index (χ0) is 13.7. The van der Waals surface area contributed by atoms with E-state index in [0.717, 1.165) is 19.4 Å². The quantitative estimate of drug-likeness (QED) is 0.794. The summed E-state index contributed by atoms with van der Waals surface area (Å²) in [5.41, 5.74) is 4.13. The lowest BCUT2D eigenvalue weighted by atomic mass is 9.90. The highest BCUT2D eigenvalue weighted by Crippen LogP contribution is 2.22. The number of aryl methyl sites for hydroxylation is 2. The van der Waals surface area contributed by atoms with E-state index in [1.807, 2.05) is 11.9 Å². The first-order chi connectivity index (χ1) is 9.20. The van der Waals surface area contributed by atoms with Crippen molar-refractivity contribution in [2.75, 3.05) is 13.6 Å². The van der Waals surface area contributed by atoms with Crippen molar-refractivity contribution in [2.24, 2.45) is 0 Å². The molecule has 0 saturated heterocycles. The highest BCUT2D eigenvalue weighted by molar-refractivity contribution is 5.78. The van der Waals surface area contributed by atoms with Gasteiger partial charge in [-0.2, -0.15) is 0 Å². The molecule has 104 valence electrons. The van der Waals surface area contributed by atoms with E-state index in [4.69, 9.17) is 0 Å². The molecular weight excluding hydrogens is 234 g/mol. The maximum atomic E-state index is 12.1. The monoisotopic (exact) mass is 259 g/mol. The van der Waals surface area contributed by atoms with Gasteiger partial charge in [-0.25, -0.2) is 0 Å². The van der Waals surface area contributed by atoms with Crippen molar-refractivity contribution in [3.05, 3.63) is 34.9 Å². The molecule has 1 aliphatic rings. The van der Waals surface area contributed by atoms with E-state index < -0.39 is 0 Å². The second-order valence-electron chi connectivity index (χ2n) is 5.66. The third kappa shape index (κ3) is 3.82. The topological polar surface area (TPSA) is 20.3 Å². The minimum Gasteiger partial charge on any atom is -0.345 e. The molecule has 0 bridgehead atoms. The van der Waals surface area contributed by atoms with Gasteiger partial charge in [0.05, 0.1) is 6.42 Å². The lowest BCUT2D eigenvalue weighted by molar-refractivity contribution is -0.129. The number of carbonyl (C=O) groups is 1. The zero-order valence-electron chi connectivity index (χ0n) is 12.2. The molecule has 2 heteroatoms. The molecule has 0 atom stereocenters. The molecule has 0 saturated carbocycles. The minimum atomic E-state index is 0.240. The molecule has 1 aromatic carbocycles. The molecule has 1 aliphatic carbocycles. The van der Waals surface area contributed by atoms with E-state index in [0.29, 0.717) is 6.42 Å². The first-order valence-electron chi connectivity index (χ1n) is 7.55. The van der Waals surface area contributed by atoms with Crippen LogP contribution < -0.4 is 0 Å². The Hall–Kier alpha value is -1.31. The van der Waals surface area contributed by atoms with Crippen LogP contribution in [0.2, 0.25) is 0 Å². The molecule has 0 fully saturated rings. The van der Waals surface area contributed by atoms with E-state index in [-0.39, 0.29) is 5.91 Å². The highest BCUT2D eigenvalue weighted by Gasteiger charge is 2.13. The molecule has 0 radical (unpaired) electrons. The van der Waals surface area contributed by atoms with Crippen molar-refractivity contribution in [1.29, 1.82) is 0 Å². The van der Waals surface area contributed by atoms with Crippen LogP contribution in [0.3, 0.4) is 0 Å². The average molecular weight is 259 g/mol. The summed E-state index contributed by atoms with van der Waals surface area (Å²) in [5, 5.41) is 0. The Kier molecular flexibility index (Phi) is 5.00. The number of rotatable bonds is 5. The number of carbonyl (C=O) groups excluding carboxylic acids is 1. The number of benzene rings is 1. The summed E-state index contributed by atoms with van der Waals surface area (Å²) in [7, 11) is 1.91. The third-order valence-electron chi connectivity index (χ3n) is 4.04. The van der Waals surface area contributed by atoms with Gasteiger partial charge in [-0.05, 0) is 48.8 Å². The fourth-order valence-corrected chi connectivity index (χ4v) is 2.73. The normalized spacial score (nSPS) is 14.0. The minimum absolute atomic E-state index is 0.240. The Labute approximate surface area is 116 Å². The van der Waals surface area contributed by atoms with E-state index in [2.05, 4.69) is 25.1 Å². The fourth-order valence-electron chi connectivity index (χ4n) is 2.73. The van der Waals surface area contributed by atoms with Crippen molar-refractivity contribution in [2.45, 2.75) is 51.9 Å². The van der Waals surface area contributed by atoms with Gasteiger partial charge in [0.1, 0.15) is 0 Å². The standard InChI is InChI=1S/C17H25NO/c1-3-4-11-18(2)17(19)13-14-9-10-15-7-5-6-8-16(15)12-14/h9-10,12H,3-8,11,13H2,1-2H3. The van der Waals surface area contributed by atoms with Crippen molar-refractivity contribution in [1.82, 2.24) is 4.90 Å². The van der Waals surface area contributed by atoms with E-state index >= 15 is 0 Å². The molecule has 0 aliphatic heterocycles. The summed E-state index contributed by atoms with van der Waals surface area (Å²) in [6, 6.07) is 6.61. The number of amides is 1. The SMILES string of the molecule is CCCCN(C)C(=O)Cc1ccc2c(c1)CCCC2. The average Bonchev–Trinajstić information content (AvgIpc) is 2.44. The number of likely N-dealkylation sites (N-methyl/N-ethyl adjacent to an activating group) is 1. The zero-order valence-corrected chi connectivity index (χ0v) is 12.2. The van der Waals surface area contributed by atoms with Gasteiger partial charge in [0.2, 0.25) is 5.91 Å². The molecule has 1 aromatic rings. The number of fused-ring (bicyclic) bond motifs is 1. The third-order valence-corrected chi connectivity index (χ3v) is 4.04. The van der Waals surface area contributed by atoms with E-state index in [1.165, 1.54) is 42.4 Å². The van der Waals surface area contributed by atoms with E-state index in [1.54, 1.807) is 0 Å². The molecule has 0 aromatic heterocycles. The van der Waals surface area contributed by atoms with Crippen LogP contribution in [-0.2, 0) is 24.1 Å². The molecule has 0 heterocycles. The molecule has 0 N–H and O–H groups in total. The van der Waals surface area contributed by atoms with Crippen molar-refractivity contribution in [3.8, 4) is 0 Å². The van der Waals surface area contributed by atoms with Gasteiger partial charge in [0.25, 0.3) is 0 Å². The van der Waals surface area contributed by atoms with Crippen LogP contribution in [0.15, 0.2) is 18.2 Å². The number of hydrogen-bond donors (Lipinski definition) is 0. The van der Waals surface area contributed by atoms with Crippen LogP contribution in [0.4, 0.5) is 0 Å². The summed E-state index contributed by atoms with van der Waals surface area (Å²) in [6.45, 7) is 3.03. The van der Waals surface area contributed by atoms with Gasteiger partial charge in [0.15, 0.2) is 0 Å². The van der Waals surface area contributed by atoms with Crippen molar-refractivity contribution >= 4 is 5.91 Å². The summed E-state index contributed by atoms with van der Waals surface area (Å²) >= 11 is 0. The van der Waals surface area contributed by atoms with Crippen LogP contribution in [0.1, 0.15) is 49.3 Å². The van der Waals surface area contributed by atoms with Crippen LogP contribution in [-0.4, -0.2) is 24.4 Å². The van der Waals surface area contributed by atoms with Crippen molar-refractivity contribution in [3.63, 3.8) is 0 Å². The van der Waals surface area contributed by atoms with E-state index in [9.17, 15) is 4.79 Å². The van der Waals surface area contributed by atoms with Gasteiger partial charge in [-0.15, -0.1) is 0 Å². The first-order valence-corrected chi connectivity index (χ1v) is 7.55. The lowest BCUT2D eigenvalue weighted by Crippen LogP contribution is -2.29. The molecule has 2 nitrogen and oxygen atoms in total. The second-order valence-corrected chi connectivity index (χ2v) is 5.66. The molecule has 19 heavy (non-hydrogen) atoms. The van der Waals surface area contributed by atoms with Gasteiger partial charge < -0.3 is 4.90 Å². The number of hydrogen-bond acceptors (Lipinski definition) is 1. The summed E-state index contributed by atoms with van der Waals surface area (Å²) < 4.78 is 0. The molecule has 1 amide bonds. The Morgan fingerprint density at radius 3 is 2.68 bits per heavy atom. The summed E-state index contributed by atoms with van der Waals surface area (Å²) in [5.74, 6) is 0.240. The van der Waals surface area contributed by atoms with Gasteiger partial charge in [0, 0.05) is 13.6 Å². The molecule has 0 spiro atoms. The Morgan fingerprint density at radius 2 is 1.95 bits per heavy atom. The highest BCUT2D eigenvalue weighted by atomic mass is 16.2. The predicted molar refractivity (Wildman–Crippen MR) is 79.3 cm³/mol. The van der Waals surface area contributed by atoms with Crippen LogP contribution in [0.25, 0.3) is 0 Å². The molecule has 2 rings (SSSR count). The van der Waals surface area contributed by atoms with Gasteiger partial charge >= 0.3 is 0 Å². The van der Waals surface area contributed by atoms with Crippen LogP contribution in [0.5, 0.6) is 0 Å². The smallest absolute Gasteiger partial charge is 0.226 e. The maximum absolute atomic E-state index is 12.1. The summed E-state index contributed by atoms with van der Waals surface area (Å²) in [6.07, 6.45) is 7.77. The first kappa shape index (κ1) is 14.1. The Morgan fingerprint density at radius 1 is 1.21 bits per heavy atom. The van der Waals surface area contributed by atoms with Crippen LogP contribution in [0, 0.1) is 0 Å². The number of nitrogens with zero attached hydrogens (tertiary/aromatic N) is 1. The fraction of sp³-hybridized carbons (Fsp3) is 0.588. The summed E-state index contributed by atoms with van der Waals surface area (Å²) in [4.78, 5) is 14.0. The second kappa shape index (κ2) is 6.74. The predicted octanol–water partition coefficient (Wildman–Crippen LogP) is 3.37. The molecular formula is C17H25NO. The Bertz CT molecular complexity index is 439. The van der Waals surface area contributed by atoms with Gasteiger partial charge in [-0.3, -0.25) is 4.79 Å². The van der Waals surface area contributed by atoms with Crippen LogP contribution >= 0.6 is 0 Å². The van der Waals surface area contributed by atoms with Gasteiger partial charge in [-0.1, -0.05) is 31.5 Å². The molecule has 0 unspecified atom stereocenters. The maximum Gasteiger partial charge on any atom is 0.226 e. The largest absolute Gasteiger partial charge is 0.345 e. The number of unbranched alkanes of at least 4 members (excludes halogenated alkanes) is 1. The lowest BCUT2D eigenvalue weighted by Gasteiger charge is -2.19. The van der Waals surface area contributed by atoms with Crippen molar-refractivity contribution < 1.29 is 4.79 Å².